The van der Waals surface area contributed by atoms with Gasteiger partial charge in [0.15, 0.2) is 11.5 Å². The van der Waals surface area contributed by atoms with Crippen molar-refractivity contribution in [1.29, 1.82) is 0 Å². The zero-order valence-corrected chi connectivity index (χ0v) is 16.1. The standard InChI is InChI=1S/C20H24N2O3S/c1-13-9-15-10-17-18(25-8-7-24-17)11-16(15)21-20(13)26-12-19(23)22-6-4-3-5-14(22)2/h9-11,14H,3-8,12H2,1-2H3/t14-/m0/s1. The number of hydrogen-bond acceptors (Lipinski definition) is 5. The fourth-order valence-electron chi connectivity index (χ4n) is 3.63. The number of aryl methyl sites for hydroxylation is 1. The summed E-state index contributed by atoms with van der Waals surface area (Å²) in [6.45, 7) is 6.21. The third-order valence-corrected chi connectivity index (χ3v) is 6.16. The van der Waals surface area contributed by atoms with E-state index in [1.807, 2.05) is 24.0 Å². The largest absolute Gasteiger partial charge is 0.486 e. The number of thioether (sulfide) groups is 1. The Hall–Kier alpha value is -1.95. The number of likely N-dealkylation sites (tertiary alicyclic amines) is 1. The van der Waals surface area contributed by atoms with E-state index in [0.717, 1.165) is 52.4 Å². The summed E-state index contributed by atoms with van der Waals surface area (Å²) < 4.78 is 11.3. The van der Waals surface area contributed by atoms with Gasteiger partial charge < -0.3 is 14.4 Å². The van der Waals surface area contributed by atoms with Crippen LogP contribution in [0.3, 0.4) is 0 Å². The predicted molar refractivity (Wildman–Crippen MR) is 103 cm³/mol. The highest BCUT2D eigenvalue weighted by Gasteiger charge is 2.23. The molecule has 1 fully saturated rings. The Morgan fingerprint density at radius 1 is 1.23 bits per heavy atom. The van der Waals surface area contributed by atoms with Crippen molar-refractivity contribution in [2.75, 3.05) is 25.5 Å². The fraction of sp³-hybridized carbons (Fsp3) is 0.500. The lowest BCUT2D eigenvalue weighted by molar-refractivity contribution is -0.131. The van der Waals surface area contributed by atoms with Crippen molar-refractivity contribution < 1.29 is 14.3 Å². The number of amides is 1. The molecule has 4 rings (SSSR count). The minimum Gasteiger partial charge on any atom is -0.486 e. The maximum Gasteiger partial charge on any atom is 0.233 e. The Morgan fingerprint density at radius 3 is 2.77 bits per heavy atom. The number of fused-ring (bicyclic) bond motifs is 2. The molecule has 6 heteroatoms. The number of hydrogen-bond donors (Lipinski definition) is 0. The van der Waals surface area contributed by atoms with E-state index in [1.54, 1.807) is 0 Å². The summed E-state index contributed by atoms with van der Waals surface area (Å²) in [5.74, 6) is 2.17. The third-order valence-electron chi connectivity index (χ3n) is 5.08. The summed E-state index contributed by atoms with van der Waals surface area (Å²) in [5, 5.41) is 1.94. The second-order valence-corrected chi connectivity index (χ2v) is 7.98. The Labute approximate surface area is 158 Å². The van der Waals surface area contributed by atoms with Gasteiger partial charge in [-0.3, -0.25) is 4.79 Å². The maximum atomic E-state index is 12.6. The summed E-state index contributed by atoms with van der Waals surface area (Å²) in [5.41, 5.74) is 1.96. The van der Waals surface area contributed by atoms with Crippen LogP contribution in [-0.4, -0.2) is 47.3 Å². The fourth-order valence-corrected chi connectivity index (χ4v) is 4.50. The minimum atomic E-state index is 0.214. The zero-order valence-electron chi connectivity index (χ0n) is 15.3. The lowest BCUT2D eigenvalue weighted by Crippen LogP contribution is -2.42. The van der Waals surface area contributed by atoms with Gasteiger partial charge in [0.05, 0.1) is 11.3 Å². The molecule has 0 aliphatic carbocycles. The van der Waals surface area contributed by atoms with Crippen molar-refractivity contribution >= 4 is 28.6 Å². The molecule has 0 saturated carbocycles. The number of pyridine rings is 1. The average Bonchev–Trinajstić information content (AvgIpc) is 2.65. The van der Waals surface area contributed by atoms with Gasteiger partial charge in [-0.25, -0.2) is 4.98 Å². The van der Waals surface area contributed by atoms with E-state index in [0.29, 0.717) is 25.0 Å². The molecule has 3 heterocycles. The molecule has 0 bridgehead atoms. The van der Waals surface area contributed by atoms with Gasteiger partial charge in [0.2, 0.25) is 5.91 Å². The molecule has 2 aliphatic heterocycles. The van der Waals surface area contributed by atoms with Crippen LogP contribution in [0.2, 0.25) is 0 Å². The lowest BCUT2D eigenvalue weighted by atomic mass is 10.0. The highest BCUT2D eigenvalue weighted by molar-refractivity contribution is 7.99. The number of piperidine rings is 1. The number of aromatic nitrogens is 1. The summed E-state index contributed by atoms with van der Waals surface area (Å²) in [4.78, 5) is 19.4. The first-order valence-corrected chi connectivity index (χ1v) is 10.2. The molecule has 2 aliphatic rings. The van der Waals surface area contributed by atoms with Crippen LogP contribution in [0.25, 0.3) is 10.9 Å². The van der Waals surface area contributed by atoms with E-state index in [4.69, 9.17) is 14.5 Å². The molecule has 26 heavy (non-hydrogen) atoms. The van der Waals surface area contributed by atoms with Gasteiger partial charge in [0.25, 0.3) is 0 Å². The number of ether oxygens (including phenoxy) is 2. The molecule has 0 unspecified atom stereocenters. The third kappa shape index (κ3) is 3.47. The monoisotopic (exact) mass is 372 g/mol. The van der Waals surface area contributed by atoms with Crippen LogP contribution >= 0.6 is 11.8 Å². The topological polar surface area (TPSA) is 51.7 Å². The summed E-state index contributed by atoms with van der Waals surface area (Å²) in [7, 11) is 0. The van der Waals surface area contributed by atoms with Gasteiger partial charge in [-0.05, 0) is 50.8 Å². The van der Waals surface area contributed by atoms with E-state index in [2.05, 4.69) is 13.0 Å². The highest BCUT2D eigenvalue weighted by atomic mass is 32.2. The van der Waals surface area contributed by atoms with Crippen molar-refractivity contribution in [2.45, 2.75) is 44.2 Å². The van der Waals surface area contributed by atoms with Crippen LogP contribution in [0.1, 0.15) is 31.7 Å². The van der Waals surface area contributed by atoms with Gasteiger partial charge in [-0.2, -0.15) is 0 Å². The Kier molecular flexibility index (Phi) is 4.94. The molecular formula is C20H24N2O3S. The predicted octanol–water partition coefficient (Wildman–Crippen LogP) is 3.81. The number of carbonyl (C=O) groups is 1. The Bertz CT molecular complexity index is 839. The SMILES string of the molecule is Cc1cc2cc3c(cc2nc1SCC(=O)N1CCCC[C@@H]1C)OCCO3. The molecule has 0 N–H and O–H groups in total. The molecule has 1 amide bonds. The van der Waals surface area contributed by atoms with Crippen LogP contribution < -0.4 is 9.47 Å². The number of rotatable bonds is 3. The normalized spacial score (nSPS) is 19.6. The van der Waals surface area contributed by atoms with E-state index in [1.165, 1.54) is 18.2 Å². The first kappa shape index (κ1) is 17.5. The van der Waals surface area contributed by atoms with Gasteiger partial charge in [-0.1, -0.05) is 11.8 Å². The van der Waals surface area contributed by atoms with Crippen LogP contribution in [0.15, 0.2) is 23.2 Å². The van der Waals surface area contributed by atoms with Crippen LogP contribution in [0.5, 0.6) is 11.5 Å². The first-order chi connectivity index (χ1) is 12.6. The molecular weight excluding hydrogens is 348 g/mol. The van der Waals surface area contributed by atoms with E-state index in [-0.39, 0.29) is 5.91 Å². The van der Waals surface area contributed by atoms with Crippen LogP contribution in [0, 0.1) is 6.92 Å². The van der Waals surface area contributed by atoms with E-state index >= 15 is 0 Å². The second-order valence-electron chi connectivity index (χ2n) is 7.02. The quantitative estimate of drug-likeness (QED) is 0.767. The molecule has 1 saturated heterocycles. The van der Waals surface area contributed by atoms with Crippen molar-refractivity contribution in [1.82, 2.24) is 9.88 Å². The Morgan fingerprint density at radius 2 is 2.00 bits per heavy atom. The molecule has 5 nitrogen and oxygen atoms in total. The highest BCUT2D eigenvalue weighted by Crippen LogP contribution is 2.35. The molecule has 1 aromatic carbocycles. The van der Waals surface area contributed by atoms with Crippen LogP contribution in [-0.2, 0) is 4.79 Å². The number of benzene rings is 1. The van der Waals surface area contributed by atoms with Gasteiger partial charge in [0.1, 0.15) is 18.2 Å². The number of nitrogens with zero attached hydrogens (tertiary/aromatic N) is 2. The average molecular weight is 372 g/mol. The second kappa shape index (κ2) is 7.35. The van der Waals surface area contributed by atoms with Crippen molar-refractivity contribution in [3.05, 3.63) is 23.8 Å². The van der Waals surface area contributed by atoms with E-state index in [9.17, 15) is 4.79 Å². The van der Waals surface area contributed by atoms with Crippen molar-refractivity contribution in [3.63, 3.8) is 0 Å². The van der Waals surface area contributed by atoms with E-state index < -0.39 is 0 Å². The Balaban J connectivity index is 1.52. The molecule has 0 spiro atoms. The lowest BCUT2D eigenvalue weighted by Gasteiger charge is -2.33. The minimum absolute atomic E-state index is 0.214. The first-order valence-electron chi connectivity index (χ1n) is 9.25. The molecule has 2 aromatic rings. The van der Waals surface area contributed by atoms with Gasteiger partial charge in [0, 0.05) is 24.0 Å². The van der Waals surface area contributed by atoms with Gasteiger partial charge >= 0.3 is 0 Å². The summed E-state index contributed by atoms with van der Waals surface area (Å²) >= 11 is 1.53. The zero-order chi connectivity index (χ0) is 18.1. The number of carbonyl (C=O) groups excluding carboxylic acids is 1. The van der Waals surface area contributed by atoms with Crippen molar-refractivity contribution in [2.24, 2.45) is 0 Å². The van der Waals surface area contributed by atoms with Gasteiger partial charge in [-0.15, -0.1) is 0 Å². The summed E-state index contributed by atoms with van der Waals surface area (Å²) in [6.07, 6.45) is 3.44. The van der Waals surface area contributed by atoms with Crippen molar-refractivity contribution in [3.8, 4) is 11.5 Å². The maximum absolute atomic E-state index is 12.6. The smallest absolute Gasteiger partial charge is 0.233 e. The molecule has 138 valence electrons. The molecule has 0 radical (unpaired) electrons. The summed E-state index contributed by atoms with van der Waals surface area (Å²) in [6, 6.07) is 6.38. The van der Waals surface area contributed by atoms with Crippen LogP contribution in [0.4, 0.5) is 0 Å². The molecule has 1 aromatic heterocycles. The molecule has 1 atom stereocenters.